The maximum absolute atomic E-state index is 11.6. The number of aromatic nitrogens is 1. The van der Waals surface area contributed by atoms with Crippen molar-refractivity contribution in [3.63, 3.8) is 0 Å². The van der Waals surface area contributed by atoms with E-state index in [-0.39, 0.29) is 28.9 Å². The Morgan fingerprint density at radius 3 is 2.52 bits per heavy atom. The van der Waals surface area contributed by atoms with Crippen LogP contribution >= 0.6 is 24.0 Å². The minimum absolute atomic E-state index is 0. The van der Waals surface area contributed by atoms with Gasteiger partial charge in [-0.3, -0.25) is 4.98 Å². The average molecular weight is 475 g/mol. The number of pyridine rings is 1. The van der Waals surface area contributed by atoms with Crippen molar-refractivity contribution in [2.24, 2.45) is 10.7 Å². The molecule has 0 radical (unpaired) electrons. The van der Waals surface area contributed by atoms with Gasteiger partial charge >= 0.3 is 0 Å². The van der Waals surface area contributed by atoms with E-state index in [0.29, 0.717) is 19.0 Å². The number of halogens is 1. The zero-order valence-electron chi connectivity index (χ0n) is 13.8. The van der Waals surface area contributed by atoms with E-state index in [1.165, 1.54) is 7.05 Å². The van der Waals surface area contributed by atoms with Crippen LogP contribution in [-0.2, 0) is 23.0 Å². The molecule has 0 unspecified atom stereocenters. The molecule has 25 heavy (non-hydrogen) atoms. The van der Waals surface area contributed by atoms with Gasteiger partial charge in [0, 0.05) is 24.9 Å². The fourth-order valence-corrected chi connectivity index (χ4v) is 2.72. The standard InChI is InChI=1S/C16H21N5O2S.HI/c1-18-24(22,23)15-7-5-13(6-8-15)12-21-16(17)20-11-9-14-4-2-3-10-19-14;/h2-8,10,18H,9,11-12H2,1H3,(H3,17,20,21);1H. The summed E-state index contributed by atoms with van der Waals surface area (Å²) in [4.78, 5) is 8.69. The molecule has 9 heteroatoms. The monoisotopic (exact) mass is 475 g/mol. The SMILES string of the molecule is CNS(=O)(=O)c1ccc(CN=C(N)NCCc2ccccn2)cc1.I. The van der Waals surface area contributed by atoms with Crippen LogP contribution in [0.2, 0.25) is 0 Å². The second-order valence-electron chi connectivity index (χ2n) is 5.05. The first-order valence-electron chi connectivity index (χ1n) is 7.47. The minimum atomic E-state index is -3.41. The van der Waals surface area contributed by atoms with Crippen LogP contribution in [0.15, 0.2) is 58.5 Å². The predicted octanol–water partition coefficient (Wildman–Crippen LogP) is 1.25. The molecule has 1 aromatic heterocycles. The Hall–Kier alpha value is -1.72. The molecule has 1 heterocycles. The molecule has 0 spiro atoms. The van der Waals surface area contributed by atoms with Gasteiger partial charge in [-0.25, -0.2) is 18.1 Å². The van der Waals surface area contributed by atoms with Crippen LogP contribution in [0.5, 0.6) is 0 Å². The third-order valence-electron chi connectivity index (χ3n) is 3.35. The summed E-state index contributed by atoms with van der Waals surface area (Å²) in [5.41, 5.74) is 7.68. The van der Waals surface area contributed by atoms with Crippen molar-refractivity contribution < 1.29 is 8.42 Å². The first kappa shape index (κ1) is 21.3. The lowest BCUT2D eigenvalue weighted by atomic mass is 10.2. The summed E-state index contributed by atoms with van der Waals surface area (Å²) in [6.45, 7) is 1.02. The Morgan fingerprint density at radius 2 is 1.92 bits per heavy atom. The Kier molecular flexibility index (Phi) is 8.79. The van der Waals surface area contributed by atoms with Crippen molar-refractivity contribution in [2.45, 2.75) is 17.9 Å². The van der Waals surface area contributed by atoms with Crippen LogP contribution in [0.1, 0.15) is 11.3 Å². The van der Waals surface area contributed by atoms with Gasteiger partial charge in [0.05, 0.1) is 11.4 Å². The molecule has 0 saturated carbocycles. The van der Waals surface area contributed by atoms with Gasteiger partial charge in [0.2, 0.25) is 10.0 Å². The number of hydrogen-bond acceptors (Lipinski definition) is 4. The molecule has 1 aromatic carbocycles. The van der Waals surface area contributed by atoms with Gasteiger partial charge in [-0.2, -0.15) is 0 Å². The van der Waals surface area contributed by atoms with Gasteiger partial charge in [-0.05, 0) is 36.9 Å². The fourth-order valence-electron chi connectivity index (χ4n) is 1.99. The lowest BCUT2D eigenvalue weighted by Crippen LogP contribution is -2.33. The highest BCUT2D eigenvalue weighted by Crippen LogP contribution is 2.10. The summed E-state index contributed by atoms with van der Waals surface area (Å²) in [5.74, 6) is 0.345. The minimum Gasteiger partial charge on any atom is -0.370 e. The first-order chi connectivity index (χ1) is 11.5. The van der Waals surface area contributed by atoms with Gasteiger partial charge in [0.25, 0.3) is 0 Å². The fraction of sp³-hybridized carbons (Fsp3) is 0.250. The molecule has 0 aliphatic heterocycles. The molecule has 7 nitrogen and oxygen atoms in total. The van der Waals surface area contributed by atoms with E-state index in [2.05, 4.69) is 20.0 Å². The summed E-state index contributed by atoms with van der Waals surface area (Å²) in [6.07, 6.45) is 2.51. The Balaban J connectivity index is 0.00000312. The maximum atomic E-state index is 11.6. The molecule has 136 valence electrons. The van der Waals surface area contributed by atoms with Gasteiger partial charge in [0.1, 0.15) is 0 Å². The number of sulfonamides is 1. The van der Waals surface area contributed by atoms with Crippen molar-refractivity contribution in [1.29, 1.82) is 0 Å². The summed E-state index contributed by atoms with van der Waals surface area (Å²) in [7, 11) is -2.03. The number of nitrogens with two attached hydrogens (primary N) is 1. The number of aliphatic imine (C=N–C) groups is 1. The third-order valence-corrected chi connectivity index (χ3v) is 4.78. The molecular weight excluding hydrogens is 453 g/mol. The quantitative estimate of drug-likeness (QED) is 0.317. The summed E-state index contributed by atoms with van der Waals surface area (Å²) in [5, 5.41) is 3.03. The molecule has 0 bridgehead atoms. The summed E-state index contributed by atoms with van der Waals surface area (Å²) in [6, 6.07) is 12.3. The number of benzene rings is 1. The maximum Gasteiger partial charge on any atom is 0.240 e. The van der Waals surface area contributed by atoms with E-state index in [1.54, 1.807) is 30.5 Å². The van der Waals surface area contributed by atoms with Crippen LogP contribution in [0.3, 0.4) is 0 Å². The summed E-state index contributed by atoms with van der Waals surface area (Å²) < 4.78 is 25.6. The molecule has 2 rings (SSSR count). The topological polar surface area (TPSA) is 109 Å². The Bertz CT molecular complexity index is 780. The van der Waals surface area contributed by atoms with Gasteiger partial charge in [0.15, 0.2) is 5.96 Å². The molecular formula is C16H22IN5O2S. The highest BCUT2D eigenvalue weighted by molar-refractivity contribution is 14.0. The van der Waals surface area contributed by atoms with Gasteiger partial charge in [-0.1, -0.05) is 18.2 Å². The zero-order valence-corrected chi connectivity index (χ0v) is 17.0. The number of hydrogen-bond donors (Lipinski definition) is 3. The lowest BCUT2D eigenvalue weighted by Gasteiger charge is -2.06. The van der Waals surface area contributed by atoms with Crippen molar-refractivity contribution in [1.82, 2.24) is 15.0 Å². The molecule has 0 atom stereocenters. The Morgan fingerprint density at radius 1 is 1.20 bits per heavy atom. The van der Waals surface area contributed by atoms with Crippen molar-refractivity contribution >= 4 is 40.0 Å². The van der Waals surface area contributed by atoms with Crippen molar-refractivity contribution in [3.05, 3.63) is 59.9 Å². The van der Waals surface area contributed by atoms with Crippen LogP contribution in [0.25, 0.3) is 0 Å². The molecule has 0 aliphatic rings. The van der Waals surface area contributed by atoms with E-state index < -0.39 is 10.0 Å². The number of rotatable bonds is 7. The predicted molar refractivity (Wildman–Crippen MR) is 109 cm³/mol. The van der Waals surface area contributed by atoms with Crippen molar-refractivity contribution in [2.75, 3.05) is 13.6 Å². The molecule has 2 aromatic rings. The van der Waals surface area contributed by atoms with E-state index in [4.69, 9.17) is 5.73 Å². The number of guanidine groups is 1. The zero-order chi connectivity index (χ0) is 17.4. The van der Waals surface area contributed by atoms with Crippen LogP contribution in [0.4, 0.5) is 0 Å². The van der Waals surface area contributed by atoms with E-state index >= 15 is 0 Å². The van der Waals surface area contributed by atoms with Crippen LogP contribution in [-0.4, -0.2) is 33.0 Å². The average Bonchev–Trinajstić information content (AvgIpc) is 2.61. The molecule has 4 N–H and O–H groups in total. The van der Waals surface area contributed by atoms with E-state index in [9.17, 15) is 8.42 Å². The van der Waals surface area contributed by atoms with E-state index in [1.807, 2.05) is 18.2 Å². The normalized spacial score (nSPS) is 11.6. The largest absolute Gasteiger partial charge is 0.370 e. The second kappa shape index (κ2) is 10.3. The van der Waals surface area contributed by atoms with Gasteiger partial charge < -0.3 is 11.1 Å². The van der Waals surface area contributed by atoms with Crippen LogP contribution in [0, 0.1) is 0 Å². The number of nitrogens with zero attached hydrogens (tertiary/aromatic N) is 2. The Labute approximate surface area is 165 Å². The molecule has 0 amide bonds. The molecule has 0 saturated heterocycles. The highest BCUT2D eigenvalue weighted by Gasteiger charge is 2.10. The lowest BCUT2D eigenvalue weighted by molar-refractivity contribution is 0.588. The smallest absolute Gasteiger partial charge is 0.240 e. The third kappa shape index (κ3) is 6.96. The van der Waals surface area contributed by atoms with Gasteiger partial charge in [-0.15, -0.1) is 24.0 Å². The highest BCUT2D eigenvalue weighted by atomic mass is 127. The van der Waals surface area contributed by atoms with E-state index in [0.717, 1.165) is 17.7 Å². The second-order valence-corrected chi connectivity index (χ2v) is 6.94. The van der Waals surface area contributed by atoms with Crippen molar-refractivity contribution in [3.8, 4) is 0 Å². The molecule has 0 aliphatic carbocycles. The number of nitrogens with one attached hydrogen (secondary N) is 2. The molecule has 0 fully saturated rings. The summed E-state index contributed by atoms with van der Waals surface area (Å²) >= 11 is 0. The first-order valence-corrected chi connectivity index (χ1v) is 8.96. The van der Waals surface area contributed by atoms with Crippen LogP contribution < -0.4 is 15.8 Å².